The Bertz CT molecular complexity index is 503. The molecule has 3 nitrogen and oxygen atoms in total. The van der Waals surface area contributed by atoms with Crippen molar-refractivity contribution in [2.45, 2.75) is 20.8 Å². The molecule has 0 aliphatic rings. The number of benzene rings is 1. The van der Waals surface area contributed by atoms with Crippen LogP contribution in [0.1, 0.15) is 16.8 Å². The number of nitrogens with two attached hydrogens (primary N) is 1. The minimum atomic E-state index is 0. The van der Waals surface area contributed by atoms with E-state index in [1.165, 1.54) is 11.1 Å². The number of nitrogen functional groups attached to an aromatic ring is 1. The zero-order valence-corrected chi connectivity index (χ0v) is 10.5. The number of halogens is 1. The van der Waals surface area contributed by atoms with E-state index >= 15 is 0 Å². The Hall–Kier alpha value is -1.48. The van der Waals surface area contributed by atoms with Crippen molar-refractivity contribution in [2.24, 2.45) is 0 Å². The van der Waals surface area contributed by atoms with Crippen LogP contribution in [0.15, 0.2) is 24.3 Å². The van der Waals surface area contributed by atoms with Gasteiger partial charge in [-0.3, -0.25) is 0 Å². The lowest BCUT2D eigenvalue weighted by Crippen LogP contribution is -2.02. The molecule has 0 bridgehead atoms. The van der Waals surface area contributed by atoms with Crippen LogP contribution in [0.4, 0.5) is 5.82 Å². The highest BCUT2D eigenvalue weighted by molar-refractivity contribution is 5.85. The molecular weight excluding hydrogens is 222 g/mol. The third-order valence-electron chi connectivity index (χ3n) is 2.59. The van der Waals surface area contributed by atoms with Crippen LogP contribution in [-0.2, 0) is 0 Å². The highest BCUT2D eigenvalue weighted by Crippen LogP contribution is 2.17. The van der Waals surface area contributed by atoms with Gasteiger partial charge in [-0.25, -0.2) is 4.68 Å². The van der Waals surface area contributed by atoms with Gasteiger partial charge in [0.15, 0.2) is 0 Å². The van der Waals surface area contributed by atoms with Crippen molar-refractivity contribution >= 4 is 18.2 Å². The topological polar surface area (TPSA) is 43.8 Å². The van der Waals surface area contributed by atoms with E-state index < -0.39 is 0 Å². The number of nitrogens with zero attached hydrogens (tertiary/aromatic N) is 2. The first kappa shape index (κ1) is 12.6. The van der Waals surface area contributed by atoms with Crippen molar-refractivity contribution in [3.8, 4) is 5.69 Å². The Morgan fingerprint density at radius 1 is 1.06 bits per heavy atom. The Morgan fingerprint density at radius 3 is 2.25 bits per heavy atom. The fourth-order valence-electron chi connectivity index (χ4n) is 1.58. The molecule has 86 valence electrons. The predicted octanol–water partition coefficient (Wildman–Crippen LogP) is 2.80. The first-order chi connectivity index (χ1) is 7.08. The van der Waals surface area contributed by atoms with Gasteiger partial charge in [0.25, 0.3) is 0 Å². The molecule has 0 fully saturated rings. The Morgan fingerprint density at radius 2 is 1.75 bits per heavy atom. The van der Waals surface area contributed by atoms with E-state index in [0.717, 1.165) is 11.4 Å². The van der Waals surface area contributed by atoms with Crippen molar-refractivity contribution in [1.82, 2.24) is 9.78 Å². The number of rotatable bonds is 1. The predicted molar refractivity (Wildman–Crippen MR) is 69.4 cm³/mol. The maximum atomic E-state index is 5.86. The van der Waals surface area contributed by atoms with Crippen molar-refractivity contribution in [2.75, 3.05) is 5.73 Å². The van der Waals surface area contributed by atoms with Gasteiger partial charge >= 0.3 is 0 Å². The lowest BCUT2D eigenvalue weighted by molar-refractivity contribution is 0.870. The van der Waals surface area contributed by atoms with E-state index in [-0.39, 0.29) is 12.4 Å². The number of hydrogen-bond acceptors (Lipinski definition) is 2. The number of hydrogen-bond donors (Lipinski definition) is 1. The summed E-state index contributed by atoms with van der Waals surface area (Å²) >= 11 is 0. The van der Waals surface area contributed by atoms with Crippen LogP contribution in [0.25, 0.3) is 5.69 Å². The highest BCUT2D eigenvalue weighted by Gasteiger charge is 2.04. The van der Waals surface area contributed by atoms with E-state index in [9.17, 15) is 0 Å². The van der Waals surface area contributed by atoms with Crippen molar-refractivity contribution < 1.29 is 0 Å². The molecule has 4 heteroatoms. The van der Waals surface area contributed by atoms with Gasteiger partial charge in [-0.1, -0.05) is 6.07 Å². The van der Waals surface area contributed by atoms with Crippen molar-refractivity contribution in [3.63, 3.8) is 0 Å². The molecule has 2 N–H and O–H groups in total. The summed E-state index contributed by atoms with van der Waals surface area (Å²) in [6, 6.07) is 8.08. The van der Waals surface area contributed by atoms with Gasteiger partial charge < -0.3 is 5.73 Å². The Kier molecular flexibility index (Phi) is 3.60. The SMILES string of the molecule is Cc1cc(N)n(-c2ccc(C)c(C)c2)n1.Cl. The van der Waals surface area contributed by atoms with Gasteiger partial charge in [-0.05, 0) is 44.0 Å². The monoisotopic (exact) mass is 237 g/mol. The zero-order chi connectivity index (χ0) is 11.0. The lowest BCUT2D eigenvalue weighted by Gasteiger charge is -2.06. The summed E-state index contributed by atoms with van der Waals surface area (Å²) in [4.78, 5) is 0. The van der Waals surface area contributed by atoms with E-state index in [1.54, 1.807) is 4.68 Å². The molecule has 16 heavy (non-hydrogen) atoms. The number of aryl methyl sites for hydroxylation is 3. The molecule has 2 aromatic rings. The molecule has 0 amide bonds. The van der Waals surface area contributed by atoms with Crippen LogP contribution >= 0.6 is 12.4 Å². The van der Waals surface area contributed by atoms with Gasteiger partial charge in [-0.15, -0.1) is 12.4 Å². The molecule has 0 aliphatic heterocycles. The first-order valence-electron chi connectivity index (χ1n) is 4.97. The summed E-state index contributed by atoms with van der Waals surface area (Å²) in [7, 11) is 0. The fraction of sp³-hybridized carbons (Fsp3) is 0.250. The van der Waals surface area contributed by atoms with Crippen LogP contribution in [0.3, 0.4) is 0 Å². The first-order valence-corrected chi connectivity index (χ1v) is 4.97. The number of aromatic nitrogens is 2. The molecule has 0 unspecified atom stereocenters. The third kappa shape index (κ3) is 2.19. The Balaban J connectivity index is 0.00000128. The van der Waals surface area contributed by atoms with Gasteiger partial charge in [0.1, 0.15) is 5.82 Å². The highest BCUT2D eigenvalue weighted by atomic mass is 35.5. The Labute approximate surface area is 102 Å². The molecule has 1 aromatic carbocycles. The van der Waals surface area contributed by atoms with Gasteiger partial charge in [0, 0.05) is 6.07 Å². The number of anilines is 1. The molecule has 0 saturated heterocycles. The molecule has 1 heterocycles. The molecule has 2 rings (SSSR count). The minimum Gasteiger partial charge on any atom is -0.384 e. The average molecular weight is 238 g/mol. The second-order valence-corrected chi connectivity index (χ2v) is 3.89. The summed E-state index contributed by atoms with van der Waals surface area (Å²) in [6.07, 6.45) is 0. The normalized spacial score (nSPS) is 9.94. The maximum Gasteiger partial charge on any atom is 0.127 e. The summed E-state index contributed by atoms with van der Waals surface area (Å²) < 4.78 is 1.77. The second-order valence-electron chi connectivity index (χ2n) is 3.89. The fourth-order valence-corrected chi connectivity index (χ4v) is 1.58. The smallest absolute Gasteiger partial charge is 0.127 e. The van der Waals surface area contributed by atoms with Crippen LogP contribution in [0.2, 0.25) is 0 Å². The molecule has 0 aliphatic carbocycles. The van der Waals surface area contributed by atoms with Crippen LogP contribution in [-0.4, -0.2) is 9.78 Å². The minimum absolute atomic E-state index is 0. The largest absolute Gasteiger partial charge is 0.384 e. The summed E-state index contributed by atoms with van der Waals surface area (Å²) in [5, 5.41) is 4.34. The van der Waals surface area contributed by atoms with Crippen molar-refractivity contribution in [3.05, 3.63) is 41.1 Å². The van der Waals surface area contributed by atoms with E-state index in [4.69, 9.17) is 5.73 Å². The summed E-state index contributed by atoms with van der Waals surface area (Å²) in [5.41, 5.74) is 10.3. The molecular formula is C12H16ClN3. The van der Waals surface area contributed by atoms with Crippen molar-refractivity contribution in [1.29, 1.82) is 0 Å². The molecule has 1 aromatic heterocycles. The van der Waals surface area contributed by atoms with Crippen LogP contribution in [0, 0.1) is 20.8 Å². The maximum absolute atomic E-state index is 5.86. The van der Waals surface area contributed by atoms with E-state index in [0.29, 0.717) is 5.82 Å². The molecule has 0 saturated carbocycles. The summed E-state index contributed by atoms with van der Waals surface area (Å²) in [6.45, 7) is 6.12. The average Bonchev–Trinajstić information content (AvgIpc) is 2.50. The molecule has 0 radical (unpaired) electrons. The zero-order valence-electron chi connectivity index (χ0n) is 9.69. The van der Waals surface area contributed by atoms with E-state index in [2.05, 4.69) is 31.1 Å². The third-order valence-corrected chi connectivity index (χ3v) is 2.59. The lowest BCUT2D eigenvalue weighted by atomic mass is 10.1. The quantitative estimate of drug-likeness (QED) is 0.829. The summed E-state index contributed by atoms with van der Waals surface area (Å²) in [5.74, 6) is 0.677. The van der Waals surface area contributed by atoms with E-state index in [1.807, 2.05) is 19.1 Å². The van der Waals surface area contributed by atoms with Gasteiger partial charge in [0.05, 0.1) is 11.4 Å². The standard InChI is InChI=1S/C12H15N3.ClH/c1-8-4-5-11(6-9(8)2)15-12(13)7-10(3)14-15;/h4-7H,13H2,1-3H3;1H. The van der Waals surface area contributed by atoms with Crippen LogP contribution in [0.5, 0.6) is 0 Å². The molecule has 0 spiro atoms. The van der Waals surface area contributed by atoms with Gasteiger partial charge in [0.2, 0.25) is 0 Å². The second kappa shape index (κ2) is 4.58. The van der Waals surface area contributed by atoms with Crippen LogP contribution < -0.4 is 5.73 Å². The van der Waals surface area contributed by atoms with Gasteiger partial charge in [-0.2, -0.15) is 5.10 Å². The molecule has 0 atom stereocenters.